The maximum atomic E-state index is 12.0. The van der Waals surface area contributed by atoms with Crippen molar-refractivity contribution < 1.29 is 17.9 Å². The van der Waals surface area contributed by atoms with Crippen molar-refractivity contribution in [1.82, 2.24) is 5.32 Å². The van der Waals surface area contributed by atoms with Gasteiger partial charge >= 0.3 is 6.36 Å². The summed E-state index contributed by atoms with van der Waals surface area (Å²) in [6.07, 6.45) is 0.545. The van der Waals surface area contributed by atoms with Gasteiger partial charge in [0.1, 0.15) is 5.75 Å². The van der Waals surface area contributed by atoms with Gasteiger partial charge in [-0.25, -0.2) is 0 Å². The van der Waals surface area contributed by atoms with E-state index in [4.69, 9.17) is 0 Å². The highest BCUT2D eigenvalue weighted by atomic mass is 19.4. The fourth-order valence-electron chi connectivity index (χ4n) is 2.19. The first-order valence-corrected chi connectivity index (χ1v) is 7.03. The van der Waals surface area contributed by atoms with Gasteiger partial charge in [-0.15, -0.1) is 13.2 Å². The molecule has 0 saturated heterocycles. The van der Waals surface area contributed by atoms with Crippen LogP contribution in [0.25, 0.3) is 0 Å². The molecule has 0 aromatic heterocycles. The van der Waals surface area contributed by atoms with Crippen LogP contribution in [0.5, 0.6) is 5.75 Å². The van der Waals surface area contributed by atoms with Crippen molar-refractivity contribution in [2.45, 2.75) is 45.0 Å². The fourth-order valence-corrected chi connectivity index (χ4v) is 2.19. The van der Waals surface area contributed by atoms with Gasteiger partial charge in [-0.05, 0) is 49.9 Å². The Kier molecular flexibility index (Phi) is 4.91. The van der Waals surface area contributed by atoms with Crippen LogP contribution >= 0.6 is 0 Å². The maximum Gasteiger partial charge on any atom is 0.573 e. The third-order valence-electron chi connectivity index (χ3n) is 3.55. The van der Waals surface area contributed by atoms with E-state index in [9.17, 15) is 13.2 Å². The highest BCUT2D eigenvalue weighted by molar-refractivity contribution is 5.29. The van der Waals surface area contributed by atoms with Crippen LogP contribution in [0.1, 0.15) is 44.2 Å². The molecule has 1 unspecified atom stereocenters. The van der Waals surface area contributed by atoms with Gasteiger partial charge in [0.05, 0.1) is 0 Å². The van der Waals surface area contributed by atoms with Crippen LogP contribution < -0.4 is 10.1 Å². The lowest BCUT2D eigenvalue weighted by molar-refractivity contribution is -0.274. The molecule has 0 aliphatic heterocycles. The van der Waals surface area contributed by atoms with Crippen molar-refractivity contribution >= 4 is 0 Å². The van der Waals surface area contributed by atoms with Crippen molar-refractivity contribution in [3.63, 3.8) is 0 Å². The summed E-state index contributed by atoms with van der Waals surface area (Å²) in [6, 6.07) is 6.17. The second-order valence-electron chi connectivity index (χ2n) is 5.38. The molecule has 1 atom stereocenters. The van der Waals surface area contributed by atoms with Crippen LogP contribution in [0.2, 0.25) is 0 Å². The zero-order valence-electron chi connectivity index (χ0n) is 11.5. The molecule has 112 valence electrons. The van der Waals surface area contributed by atoms with Crippen LogP contribution in [0.4, 0.5) is 13.2 Å². The highest BCUT2D eigenvalue weighted by Crippen LogP contribution is 2.33. The Bertz CT molecular complexity index is 412. The number of alkyl halides is 3. The molecule has 0 bridgehead atoms. The third-order valence-corrected chi connectivity index (χ3v) is 3.55. The third kappa shape index (κ3) is 5.41. The molecule has 1 N–H and O–H groups in total. The van der Waals surface area contributed by atoms with E-state index in [-0.39, 0.29) is 11.8 Å². The average molecular weight is 287 g/mol. The minimum Gasteiger partial charge on any atom is -0.406 e. The van der Waals surface area contributed by atoms with E-state index < -0.39 is 6.36 Å². The predicted molar refractivity (Wildman–Crippen MR) is 71.5 cm³/mol. The van der Waals surface area contributed by atoms with Crippen LogP contribution in [0, 0.1) is 5.92 Å². The summed E-state index contributed by atoms with van der Waals surface area (Å²) in [5.41, 5.74) is 0.964. The number of benzene rings is 1. The molecule has 1 saturated carbocycles. The largest absolute Gasteiger partial charge is 0.573 e. The minimum absolute atomic E-state index is 0.133. The summed E-state index contributed by atoms with van der Waals surface area (Å²) >= 11 is 0. The van der Waals surface area contributed by atoms with Crippen molar-refractivity contribution in [3.8, 4) is 5.75 Å². The van der Waals surface area contributed by atoms with E-state index in [1.807, 2.05) is 6.92 Å². The first-order chi connectivity index (χ1) is 9.44. The molecule has 0 amide bonds. The van der Waals surface area contributed by atoms with Gasteiger partial charge in [-0.3, -0.25) is 0 Å². The highest BCUT2D eigenvalue weighted by Gasteiger charge is 2.31. The Labute approximate surface area is 117 Å². The molecule has 0 radical (unpaired) electrons. The summed E-state index contributed by atoms with van der Waals surface area (Å²) in [4.78, 5) is 0. The molecule has 1 aliphatic rings. The SMILES string of the molecule is CC(NCCCC1CC1)c1ccc(OC(F)(F)F)cc1. The summed E-state index contributed by atoms with van der Waals surface area (Å²) in [5, 5.41) is 3.39. The van der Waals surface area contributed by atoms with E-state index in [2.05, 4.69) is 10.1 Å². The van der Waals surface area contributed by atoms with Crippen LogP contribution in [0.3, 0.4) is 0 Å². The van der Waals surface area contributed by atoms with Gasteiger partial charge in [0.2, 0.25) is 0 Å². The van der Waals surface area contributed by atoms with Gasteiger partial charge < -0.3 is 10.1 Å². The fraction of sp³-hybridized carbons (Fsp3) is 0.600. The summed E-state index contributed by atoms with van der Waals surface area (Å²) in [7, 11) is 0. The van der Waals surface area contributed by atoms with E-state index >= 15 is 0 Å². The molecule has 2 rings (SSSR count). The van der Waals surface area contributed by atoms with Crippen molar-refractivity contribution in [1.29, 1.82) is 0 Å². The standard InChI is InChI=1S/C15H20F3NO/c1-11(19-10-2-3-12-4-5-12)13-6-8-14(9-7-13)20-15(16,17)18/h6-9,11-12,19H,2-5,10H2,1H3. The molecule has 2 nitrogen and oxygen atoms in total. The molecule has 1 aromatic carbocycles. The second kappa shape index (κ2) is 6.48. The van der Waals surface area contributed by atoms with Gasteiger partial charge in [-0.2, -0.15) is 0 Å². The van der Waals surface area contributed by atoms with Gasteiger partial charge in [0.15, 0.2) is 0 Å². The van der Waals surface area contributed by atoms with Crippen LogP contribution in [-0.4, -0.2) is 12.9 Å². The lowest BCUT2D eigenvalue weighted by Gasteiger charge is -2.15. The number of ether oxygens (including phenoxy) is 1. The normalized spacial score (nSPS) is 17.0. The van der Waals surface area contributed by atoms with E-state index in [1.165, 1.54) is 31.4 Å². The number of nitrogens with one attached hydrogen (secondary N) is 1. The molecular formula is C15H20F3NO. The quantitative estimate of drug-likeness (QED) is 0.749. The number of rotatable bonds is 7. The van der Waals surface area contributed by atoms with Crippen molar-refractivity contribution in [2.75, 3.05) is 6.54 Å². The Balaban J connectivity index is 1.75. The minimum atomic E-state index is -4.63. The van der Waals surface area contributed by atoms with E-state index in [0.29, 0.717) is 0 Å². The molecule has 0 spiro atoms. The predicted octanol–water partition coefficient (Wildman–Crippen LogP) is 4.43. The molecule has 1 fully saturated rings. The molecule has 1 aromatic rings. The number of hydrogen-bond donors (Lipinski definition) is 1. The van der Waals surface area contributed by atoms with Gasteiger partial charge in [0, 0.05) is 6.04 Å². The summed E-state index contributed by atoms with van der Waals surface area (Å²) < 4.78 is 40.0. The topological polar surface area (TPSA) is 21.3 Å². The Morgan fingerprint density at radius 3 is 2.45 bits per heavy atom. The van der Waals surface area contributed by atoms with Crippen molar-refractivity contribution in [2.24, 2.45) is 5.92 Å². The first-order valence-electron chi connectivity index (χ1n) is 7.03. The molecule has 20 heavy (non-hydrogen) atoms. The zero-order valence-corrected chi connectivity index (χ0v) is 11.5. The summed E-state index contributed by atoms with van der Waals surface area (Å²) in [6.45, 7) is 2.95. The molecule has 1 aliphatic carbocycles. The summed E-state index contributed by atoms with van der Waals surface area (Å²) in [5.74, 6) is 0.757. The lowest BCUT2D eigenvalue weighted by Crippen LogP contribution is -2.20. The maximum absolute atomic E-state index is 12.0. The van der Waals surface area contributed by atoms with Crippen LogP contribution in [-0.2, 0) is 0 Å². The Hall–Kier alpha value is -1.23. The van der Waals surface area contributed by atoms with Crippen LogP contribution in [0.15, 0.2) is 24.3 Å². The Morgan fingerprint density at radius 2 is 1.90 bits per heavy atom. The monoisotopic (exact) mass is 287 g/mol. The van der Waals surface area contributed by atoms with Gasteiger partial charge in [-0.1, -0.05) is 25.0 Å². The smallest absolute Gasteiger partial charge is 0.406 e. The first kappa shape index (κ1) is 15.2. The molecular weight excluding hydrogens is 267 g/mol. The van der Waals surface area contributed by atoms with Gasteiger partial charge in [0.25, 0.3) is 0 Å². The zero-order chi connectivity index (χ0) is 14.6. The average Bonchev–Trinajstić information content (AvgIpc) is 3.17. The second-order valence-corrected chi connectivity index (χ2v) is 5.38. The Morgan fingerprint density at radius 1 is 1.25 bits per heavy atom. The number of halogens is 3. The van der Waals surface area contributed by atoms with E-state index in [1.54, 1.807) is 12.1 Å². The molecule has 0 heterocycles. The van der Waals surface area contributed by atoms with E-state index in [0.717, 1.165) is 24.4 Å². The number of hydrogen-bond acceptors (Lipinski definition) is 2. The van der Waals surface area contributed by atoms with Crippen molar-refractivity contribution in [3.05, 3.63) is 29.8 Å². The lowest BCUT2D eigenvalue weighted by atomic mass is 10.1. The molecule has 5 heteroatoms.